The van der Waals surface area contributed by atoms with Crippen molar-refractivity contribution in [2.75, 3.05) is 39.6 Å². The van der Waals surface area contributed by atoms with E-state index >= 15 is 0 Å². The SMILES string of the molecule is CCCCCCC(O)/C=C/C(CCCCCCCC(=O)OCCO)C(C(=O)OCCO)C(C(=O)OCCO)S(=O)(=O)O. The highest BCUT2D eigenvalue weighted by Crippen LogP contribution is 2.30. The molecular formula is C28H50O13S. The number of carbonyl (C=O) groups excluding carboxylic acids is 3. The van der Waals surface area contributed by atoms with Crippen molar-refractivity contribution < 1.29 is 62.0 Å². The van der Waals surface area contributed by atoms with Gasteiger partial charge in [-0.2, -0.15) is 8.42 Å². The molecule has 0 heterocycles. The van der Waals surface area contributed by atoms with E-state index in [4.69, 9.17) is 29.5 Å². The van der Waals surface area contributed by atoms with E-state index in [-0.39, 0.29) is 26.1 Å². The Morgan fingerprint density at radius 3 is 1.83 bits per heavy atom. The van der Waals surface area contributed by atoms with Gasteiger partial charge in [0.1, 0.15) is 19.8 Å². The maximum absolute atomic E-state index is 13.1. The zero-order valence-electron chi connectivity index (χ0n) is 24.6. The summed E-state index contributed by atoms with van der Waals surface area (Å²) in [6.07, 6.45) is 9.53. The highest BCUT2D eigenvalue weighted by Gasteiger charge is 2.48. The molecule has 0 saturated heterocycles. The van der Waals surface area contributed by atoms with E-state index in [9.17, 15) is 32.5 Å². The number of hydrogen-bond donors (Lipinski definition) is 5. The molecule has 0 aliphatic carbocycles. The van der Waals surface area contributed by atoms with E-state index in [1.165, 1.54) is 12.2 Å². The molecule has 0 aromatic heterocycles. The zero-order chi connectivity index (χ0) is 31.8. The molecule has 0 amide bonds. The molecule has 0 aliphatic rings. The standard InChI is InChI=1S/C28H50O13S/c1-2-3-4-9-12-23(32)15-14-22(11-8-6-5-7-10-13-24(33)39-19-16-29)25(27(34)40-20-17-30)26(42(36,37)38)28(35)41-21-18-31/h14-15,22-23,25-26,29-32H,2-13,16-21H2,1H3,(H,36,37,38)/b15-14+. The zero-order valence-corrected chi connectivity index (χ0v) is 25.4. The Morgan fingerprint density at radius 1 is 0.714 bits per heavy atom. The highest BCUT2D eigenvalue weighted by atomic mass is 32.2. The van der Waals surface area contributed by atoms with E-state index in [1.54, 1.807) is 0 Å². The molecule has 4 atom stereocenters. The number of ether oxygens (including phenoxy) is 3. The van der Waals surface area contributed by atoms with Gasteiger partial charge in [-0.15, -0.1) is 0 Å². The first-order valence-electron chi connectivity index (χ1n) is 14.7. The first-order chi connectivity index (χ1) is 20.0. The Balaban J connectivity index is 5.83. The lowest BCUT2D eigenvalue weighted by Gasteiger charge is -2.28. The molecule has 0 spiro atoms. The van der Waals surface area contributed by atoms with Gasteiger partial charge in [-0.05, 0) is 25.2 Å². The van der Waals surface area contributed by atoms with Crippen LogP contribution in [0.2, 0.25) is 0 Å². The summed E-state index contributed by atoms with van der Waals surface area (Å²) in [4.78, 5) is 37.4. The van der Waals surface area contributed by atoms with Gasteiger partial charge in [0.25, 0.3) is 10.1 Å². The van der Waals surface area contributed by atoms with Crippen LogP contribution < -0.4 is 0 Å². The molecule has 42 heavy (non-hydrogen) atoms. The lowest BCUT2D eigenvalue weighted by molar-refractivity contribution is -0.157. The predicted molar refractivity (Wildman–Crippen MR) is 153 cm³/mol. The molecule has 0 saturated carbocycles. The van der Waals surface area contributed by atoms with Gasteiger partial charge < -0.3 is 34.6 Å². The van der Waals surface area contributed by atoms with E-state index in [2.05, 4.69) is 6.92 Å². The van der Waals surface area contributed by atoms with Crippen molar-refractivity contribution in [2.45, 2.75) is 95.3 Å². The molecule has 5 N–H and O–H groups in total. The van der Waals surface area contributed by atoms with Gasteiger partial charge >= 0.3 is 17.9 Å². The molecule has 0 aromatic rings. The first kappa shape index (κ1) is 39.9. The third-order valence-electron chi connectivity index (χ3n) is 6.49. The fraction of sp³-hybridized carbons (Fsp3) is 0.821. The number of esters is 3. The smallest absolute Gasteiger partial charge is 0.327 e. The average Bonchev–Trinajstić information content (AvgIpc) is 2.94. The van der Waals surface area contributed by atoms with E-state index < -0.39 is 77.6 Å². The first-order valence-corrected chi connectivity index (χ1v) is 16.2. The van der Waals surface area contributed by atoms with Gasteiger partial charge in [-0.3, -0.25) is 18.9 Å². The average molecular weight is 627 g/mol. The van der Waals surface area contributed by atoms with Crippen molar-refractivity contribution in [1.82, 2.24) is 0 Å². The molecule has 4 unspecified atom stereocenters. The minimum Gasteiger partial charge on any atom is -0.463 e. The highest BCUT2D eigenvalue weighted by molar-refractivity contribution is 7.87. The van der Waals surface area contributed by atoms with Crippen LogP contribution in [0.15, 0.2) is 12.2 Å². The molecule has 246 valence electrons. The minimum absolute atomic E-state index is 0.0544. The number of aliphatic hydroxyl groups is 4. The maximum Gasteiger partial charge on any atom is 0.327 e. The van der Waals surface area contributed by atoms with Gasteiger partial charge in [0.15, 0.2) is 5.25 Å². The summed E-state index contributed by atoms with van der Waals surface area (Å²) in [6, 6.07) is 0. The van der Waals surface area contributed by atoms with Crippen molar-refractivity contribution in [3.05, 3.63) is 12.2 Å². The molecule has 0 aliphatic heterocycles. The number of carbonyl (C=O) groups is 3. The van der Waals surface area contributed by atoms with Crippen LogP contribution in [0.25, 0.3) is 0 Å². The Hall–Kier alpha value is -2.10. The third-order valence-corrected chi connectivity index (χ3v) is 7.62. The summed E-state index contributed by atoms with van der Waals surface area (Å²) >= 11 is 0. The van der Waals surface area contributed by atoms with Crippen molar-refractivity contribution >= 4 is 28.0 Å². The fourth-order valence-corrected chi connectivity index (χ4v) is 5.40. The Bertz CT molecular complexity index is 875. The normalized spacial score (nSPS) is 14.7. The Labute approximate surface area is 249 Å². The molecular weight excluding hydrogens is 576 g/mol. The second kappa shape index (κ2) is 24.4. The van der Waals surface area contributed by atoms with Crippen LogP contribution in [-0.4, -0.2) is 102 Å². The van der Waals surface area contributed by atoms with Crippen LogP contribution in [0.3, 0.4) is 0 Å². The number of hydrogen-bond acceptors (Lipinski definition) is 12. The third kappa shape index (κ3) is 18.4. The summed E-state index contributed by atoms with van der Waals surface area (Å²) in [5.74, 6) is -5.74. The molecule has 13 nitrogen and oxygen atoms in total. The van der Waals surface area contributed by atoms with Gasteiger partial charge in [0.05, 0.1) is 31.8 Å². The molecule has 0 fully saturated rings. The molecule has 0 bridgehead atoms. The number of allylic oxidation sites excluding steroid dienone is 1. The van der Waals surface area contributed by atoms with Crippen LogP contribution in [0, 0.1) is 11.8 Å². The van der Waals surface area contributed by atoms with Gasteiger partial charge in [-0.1, -0.05) is 70.4 Å². The maximum atomic E-state index is 13.1. The number of unbranched alkanes of at least 4 members (excludes halogenated alkanes) is 7. The fourth-order valence-electron chi connectivity index (χ4n) is 4.40. The number of rotatable bonds is 26. The molecule has 14 heteroatoms. The quantitative estimate of drug-likeness (QED) is 0.0304. The Morgan fingerprint density at radius 2 is 1.24 bits per heavy atom. The van der Waals surface area contributed by atoms with Gasteiger partial charge in [0.2, 0.25) is 0 Å². The van der Waals surface area contributed by atoms with Crippen molar-refractivity contribution in [2.24, 2.45) is 11.8 Å². The van der Waals surface area contributed by atoms with Gasteiger partial charge in [-0.25, -0.2) is 0 Å². The second-order valence-corrected chi connectivity index (χ2v) is 11.5. The van der Waals surface area contributed by atoms with E-state index in [0.717, 1.165) is 25.7 Å². The molecule has 0 radical (unpaired) electrons. The molecule has 0 aromatic carbocycles. The summed E-state index contributed by atoms with van der Waals surface area (Å²) in [5.41, 5.74) is 0. The molecule has 0 rings (SSSR count). The number of aliphatic hydroxyl groups excluding tert-OH is 4. The van der Waals surface area contributed by atoms with Crippen molar-refractivity contribution in [3.63, 3.8) is 0 Å². The summed E-state index contributed by atoms with van der Waals surface area (Å²) < 4.78 is 49.3. The van der Waals surface area contributed by atoms with Crippen LogP contribution in [-0.2, 0) is 38.7 Å². The van der Waals surface area contributed by atoms with Crippen molar-refractivity contribution in [3.8, 4) is 0 Å². The minimum atomic E-state index is -5.20. The summed E-state index contributed by atoms with van der Waals surface area (Å²) in [6.45, 7) is -0.457. The van der Waals surface area contributed by atoms with Crippen LogP contribution in [0.4, 0.5) is 0 Å². The van der Waals surface area contributed by atoms with Crippen molar-refractivity contribution in [1.29, 1.82) is 0 Å². The Kier molecular flexibility index (Phi) is 23.1. The monoisotopic (exact) mass is 626 g/mol. The summed E-state index contributed by atoms with van der Waals surface area (Å²) in [7, 11) is -5.20. The van der Waals surface area contributed by atoms with Crippen LogP contribution >= 0.6 is 0 Å². The lowest BCUT2D eigenvalue weighted by Crippen LogP contribution is -2.46. The predicted octanol–water partition coefficient (Wildman–Crippen LogP) is 1.70. The lowest BCUT2D eigenvalue weighted by atomic mass is 9.84. The van der Waals surface area contributed by atoms with Crippen LogP contribution in [0.1, 0.15) is 84.0 Å². The van der Waals surface area contributed by atoms with Gasteiger partial charge in [0, 0.05) is 6.42 Å². The van der Waals surface area contributed by atoms with Crippen LogP contribution in [0.5, 0.6) is 0 Å². The largest absolute Gasteiger partial charge is 0.463 e. The summed E-state index contributed by atoms with van der Waals surface area (Å²) in [5, 5.41) is 34.9. The van der Waals surface area contributed by atoms with E-state index in [1.807, 2.05) is 0 Å². The second-order valence-electron chi connectivity index (χ2n) is 9.96. The van der Waals surface area contributed by atoms with E-state index in [0.29, 0.717) is 38.5 Å². The topological polar surface area (TPSA) is 214 Å².